The van der Waals surface area contributed by atoms with Gasteiger partial charge in [-0.05, 0) is 24.3 Å². The molecule has 0 amide bonds. The zero-order chi connectivity index (χ0) is 15.8. The molecule has 0 aliphatic rings. The number of hydrogen-bond acceptors (Lipinski definition) is 3. The topological polar surface area (TPSA) is 64.0 Å². The van der Waals surface area contributed by atoms with E-state index in [2.05, 4.69) is 25.8 Å². The number of anilines is 1. The molecule has 1 aromatic carbocycles. The van der Waals surface area contributed by atoms with Crippen LogP contribution in [-0.4, -0.2) is 18.2 Å². The van der Waals surface area contributed by atoms with E-state index in [1.807, 2.05) is 20.8 Å². The predicted molar refractivity (Wildman–Crippen MR) is 86.9 cm³/mol. The van der Waals surface area contributed by atoms with E-state index >= 15 is 0 Å². The number of rotatable bonds is 3. The SMILES string of the molecule is Cn1cc(S(=O)(=O)Nc2ccc(Br)cc2)c(C(C)(C)C)n1. The Morgan fingerprint density at radius 1 is 1.19 bits per heavy atom. The zero-order valence-corrected chi connectivity index (χ0v) is 14.8. The van der Waals surface area contributed by atoms with Crippen LogP contribution in [0.5, 0.6) is 0 Å². The first-order valence-corrected chi connectivity index (χ1v) is 8.70. The maximum absolute atomic E-state index is 12.6. The highest BCUT2D eigenvalue weighted by Crippen LogP contribution is 2.28. The molecule has 0 spiro atoms. The van der Waals surface area contributed by atoms with Crippen molar-refractivity contribution in [3.63, 3.8) is 0 Å². The second kappa shape index (κ2) is 5.46. The summed E-state index contributed by atoms with van der Waals surface area (Å²) in [6, 6.07) is 6.97. The fourth-order valence-electron chi connectivity index (χ4n) is 1.91. The van der Waals surface area contributed by atoms with Crippen LogP contribution >= 0.6 is 15.9 Å². The summed E-state index contributed by atoms with van der Waals surface area (Å²) in [6.45, 7) is 5.82. The van der Waals surface area contributed by atoms with Crippen molar-refractivity contribution < 1.29 is 8.42 Å². The van der Waals surface area contributed by atoms with Gasteiger partial charge in [0, 0.05) is 28.8 Å². The molecular formula is C14H18BrN3O2S. The van der Waals surface area contributed by atoms with Crippen LogP contribution in [0, 0.1) is 0 Å². The molecule has 5 nitrogen and oxygen atoms in total. The summed E-state index contributed by atoms with van der Waals surface area (Å²) in [5, 5.41) is 4.29. The van der Waals surface area contributed by atoms with Crippen molar-refractivity contribution in [2.75, 3.05) is 4.72 Å². The first-order valence-electron chi connectivity index (χ1n) is 6.42. The summed E-state index contributed by atoms with van der Waals surface area (Å²) in [6.07, 6.45) is 1.53. The molecular weight excluding hydrogens is 354 g/mol. The van der Waals surface area contributed by atoms with Crippen molar-refractivity contribution in [2.24, 2.45) is 7.05 Å². The maximum atomic E-state index is 12.6. The Bertz CT molecular complexity index is 744. The van der Waals surface area contributed by atoms with Crippen LogP contribution in [0.25, 0.3) is 0 Å². The van der Waals surface area contributed by atoms with E-state index in [0.29, 0.717) is 11.4 Å². The predicted octanol–water partition coefficient (Wildman–Crippen LogP) is 3.28. The Balaban J connectivity index is 2.43. The van der Waals surface area contributed by atoms with Crippen molar-refractivity contribution in [1.29, 1.82) is 0 Å². The highest BCUT2D eigenvalue weighted by atomic mass is 79.9. The molecule has 1 N–H and O–H groups in total. The van der Waals surface area contributed by atoms with Crippen LogP contribution in [0.4, 0.5) is 5.69 Å². The van der Waals surface area contributed by atoms with Crippen LogP contribution < -0.4 is 4.72 Å². The fraction of sp³-hybridized carbons (Fsp3) is 0.357. The van der Waals surface area contributed by atoms with Crippen LogP contribution in [-0.2, 0) is 22.5 Å². The number of aromatic nitrogens is 2. The Morgan fingerprint density at radius 2 is 1.76 bits per heavy atom. The van der Waals surface area contributed by atoms with E-state index in [1.54, 1.807) is 31.3 Å². The molecule has 0 saturated carbocycles. The third-order valence-electron chi connectivity index (χ3n) is 2.89. The van der Waals surface area contributed by atoms with Crippen LogP contribution in [0.2, 0.25) is 0 Å². The Morgan fingerprint density at radius 3 is 2.29 bits per heavy atom. The largest absolute Gasteiger partial charge is 0.280 e. The van der Waals surface area contributed by atoms with Crippen LogP contribution in [0.15, 0.2) is 39.8 Å². The zero-order valence-electron chi connectivity index (χ0n) is 12.4. The van der Waals surface area contributed by atoms with Gasteiger partial charge in [-0.3, -0.25) is 9.40 Å². The van der Waals surface area contributed by atoms with Crippen LogP contribution in [0.1, 0.15) is 26.5 Å². The van der Waals surface area contributed by atoms with E-state index in [0.717, 1.165) is 4.47 Å². The first kappa shape index (κ1) is 16.0. The van der Waals surface area contributed by atoms with Gasteiger partial charge in [0.15, 0.2) is 0 Å². The molecule has 0 aliphatic carbocycles. The number of nitrogens with one attached hydrogen (secondary N) is 1. The molecule has 2 rings (SSSR count). The lowest BCUT2D eigenvalue weighted by atomic mass is 9.92. The molecule has 0 aliphatic heterocycles. The van der Waals surface area contributed by atoms with Crippen molar-refractivity contribution in [3.05, 3.63) is 40.6 Å². The molecule has 2 aromatic rings. The van der Waals surface area contributed by atoms with Gasteiger partial charge in [-0.25, -0.2) is 8.42 Å². The van der Waals surface area contributed by atoms with Crippen LogP contribution in [0.3, 0.4) is 0 Å². The minimum Gasteiger partial charge on any atom is -0.280 e. The van der Waals surface area contributed by atoms with Gasteiger partial charge in [0.25, 0.3) is 10.0 Å². The summed E-state index contributed by atoms with van der Waals surface area (Å²) in [7, 11) is -1.95. The lowest BCUT2D eigenvalue weighted by molar-refractivity contribution is 0.539. The molecule has 0 saturated heterocycles. The van der Waals surface area contributed by atoms with E-state index in [1.165, 1.54) is 10.9 Å². The van der Waals surface area contributed by atoms with Gasteiger partial charge in [-0.2, -0.15) is 5.10 Å². The number of halogens is 1. The normalized spacial score (nSPS) is 12.4. The van der Waals surface area contributed by atoms with Crippen molar-refractivity contribution in [2.45, 2.75) is 31.1 Å². The molecule has 7 heteroatoms. The molecule has 0 bridgehead atoms. The van der Waals surface area contributed by atoms with Gasteiger partial charge >= 0.3 is 0 Å². The number of sulfonamides is 1. The van der Waals surface area contributed by atoms with E-state index in [9.17, 15) is 8.42 Å². The lowest BCUT2D eigenvalue weighted by Gasteiger charge is -2.17. The second-order valence-corrected chi connectivity index (χ2v) is 8.44. The van der Waals surface area contributed by atoms with Gasteiger partial charge in [-0.15, -0.1) is 0 Å². The Hall–Kier alpha value is -1.34. The van der Waals surface area contributed by atoms with Gasteiger partial charge in [0.1, 0.15) is 4.90 Å². The van der Waals surface area contributed by atoms with Crippen molar-refractivity contribution in [3.8, 4) is 0 Å². The van der Waals surface area contributed by atoms with Gasteiger partial charge in [0.2, 0.25) is 0 Å². The Labute approximate surface area is 133 Å². The van der Waals surface area contributed by atoms with Gasteiger partial charge in [0.05, 0.1) is 5.69 Å². The molecule has 21 heavy (non-hydrogen) atoms. The number of nitrogens with zero attached hydrogens (tertiary/aromatic N) is 2. The van der Waals surface area contributed by atoms with Gasteiger partial charge in [-0.1, -0.05) is 36.7 Å². The average molecular weight is 372 g/mol. The number of aryl methyl sites for hydroxylation is 1. The number of benzene rings is 1. The molecule has 114 valence electrons. The highest BCUT2D eigenvalue weighted by Gasteiger charge is 2.29. The quantitative estimate of drug-likeness (QED) is 0.899. The first-order chi connectivity index (χ1) is 9.59. The summed E-state index contributed by atoms with van der Waals surface area (Å²) in [5.74, 6) is 0. The monoisotopic (exact) mass is 371 g/mol. The summed E-state index contributed by atoms with van der Waals surface area (Å²) >= 11 is 3.32. The maximum Gasteiger partial charge on any atom is 0.265 e. The molecule has 0 unspecified atom stereocenters. The molecule has 1 heterocycles. The van der Waals surface area contributed by atoms with E-state index in [4.69, 9.17) is 0 Å². The molecule has 0 radical (unpaired) electrons. The van der Waals surface area contributed by atoms with E-state index < -0.39 is 10.0 Å². The fourth-order valence-corrected chi connectivity index (χ4v) is 3.62. The molecule has 0 fully saturated rings. The summed E-state index contributed by atoms with van der Waals surface area (Å²) in [4.78, 5) is 0.209. The lowest BCUT2D eigenvalue weighted by Crippen LogP contribution is -2.20. The minimum atomic E-state index is -3.67. The van der Waals surface area contributed by atoms with Gasteiger partial charge < -0.3 is 0 Å². The molecule has 0 atom stereocenters. The second-order valence-electron chi connectivity index (χ2n) is 5.88. The minimum absolute atomic E-state index is 0.209. The highest BCUT2D eigenvalue weighted by molar-refractivity contribution is 9.10. The number of hydrogen-bond donors (Lipinski definition) is 1. The van der Waals surface area contributed by atoms with Crippen molar-refractivity contribution >= 4 is 31.6 Å². The summed E-state index contributed by atoms with van der Waals surface area (Å²) < 4.78 is 30.2. The standard InChI is InChI=1S/C14H18BrN3O2S/c1-14(2,3)13-12(9-18(4)16-13)21(19,20)17-11-7-5-10(15)6-8-11/h5-9,17H,1-4H3. The van der Waals surface area contributed by atoms with Crippen molar-refractivity contribution in [1.82, 2.24) is 9.78 Å². The molecule has 1 aromatic heterocycles. The smallest absolute Gasteiger partial charge is 0.265 e. The third kappa shape index (κ3) is 3.65. The summed E-state index contributed by atoms with van der Waals surface area (Å²) in [5.41, 5.74) is 0.710. The Kier molecular flexibility index (Phi) is 4.17. The van der Waals surface area contributed by atoms with E-state index in [-0.39, 0.29) is 10.3 Å². The average Bonchev–Trinajstić information content (AvgIpc) is 2.75. The third-order valence-corrected chi connectivity index (χ3v) is 4.80.